The first-order valence-corrected chi connectivity index (χ1v) is 4.89. The van der Waals surface area contributed by atoms with E-state index >= 15 is 0 Å². The van der Waals surface area contributed by atoms with Gasteiger partial charge >= 0.3 is 11.9 Å². The van der Waals surface area contributed by atoms with E-state index in [1.54, 1.807) is 18.3 Å². The summed E-state index contributed by atoms with van der Waals surface area (Å²) in [5.41, 5.74) is 0.294. The number of ether oxygens (including phenoxy) is 1. The van der Waals surface area contributed by atoms with Gasteiger partial charge in [-0.15, -0.1) is 0 Å². The summed E-state index contributed by atoms with van der Waals surface area (Å²) >= 11 is 0. The highest BCUT2D eigenvalue weighted by atomic mass is 16.6. The van der Waals surface area contributed by atoms with Crippen LogP contribution in [0.15, 0.2) is 24.5 Å². The lowest BCUT2D eigenvalue weighted by Crippen LogP contribution is -2.12. The Balaban J connectivity index is 2.46. The molecular formula is C11H13NO3. The number of unbranched alkanes of at least 4 members (excludes halogenated alkanes) is 1. The molecule has 0 radical (unpaired) electrons. The number of esters is 2. The SMILES string of the molecule is CCCCC(=O)OC(=O)c1cccnc1. The second-order valence-electron chi connectivity index (χ2n) is 3.11. The first-order valence-electron chi connectivity index (χ1n) is 4.89. The number of hydrogen-bond acceptors (Lipinski definition) is 4. The van der Waals surface area contributed by atoms with Crippen molar-refractivity contribution in [2.24, 2.45) is 0 Å². The van der Waals surface area contributed by atoms with Gasteiger partial charge in [-0.1, -0.05) is 13.3 Å². The van der Waals surface area contributed by atoms with E-state index in [1.165, 1.54) is 6.20 Å². The van der Waals surface area contributed by atoms with E-state index < -0.39 is 11.9 Å². The lowest BCUT2D eigenvalue weighted by Gasteiger charge is -2.01. The van der Waals surface area contributed by atoms with Gasteiger partial charge in [0.15, 0.2) is 0 Å². The van der Waals surface area contributed by atoms with Crippen molar-refractivity contribution in [3.8, 4) is 0 Å². The molecule has 0 aliphatic heterocycles. The highest BCUT2D eigenvalue weighted by molar-refractivity contribution is 5.96. The van der Waals surface area contributed by atoms with E-state index in [-0.39, 0.29) is 6.42 Å². The minimum atomic E-state index is -0.635. The molecule has 1 aromatic heterocycles. The number of pyridine rings is 1. The molecule has 1 heterocycles. The largest absolute Gasteiger partial charge is 0.389 e. The van der Waals surface area contributed by atoms with Gasteiger partial charge in [-0.25, -0.2) is 4.79 Å². The summed E-state index contributed by atoms with van der Waals surface area (Å²) in [4.78, 5) is 26.2. The average molecular weight is 207 g/mol. The molecule has 15 heavy (non-hydrogen) atoms. The lowest BCUT2D eigenvalue weighted by molar-refractivity contribution is -0.138. The van der Waals surface area contributed by atoms with Crippen LogP contribution >= 0.6 is 0 Å². The van der Waals surface area contributed by atoms with E-state index in [2.05, 4.69) is 9.72 Å². The molecule has 80 valence electrons. The first-order chi connectivity index (χ1) is 7.24. The Hall–Kier alpha value is -1.71. The van der Waals surface area contributed by atoms with Crippen LogP contribution in [0.3, 0.4) is 0 Å². The van der Waals surface area contributed by atoms with Crippen LogP contribution in [0.25, 0.3) is 0 Å². The van der Waals surface area contributed by atoms with Gasteiger partial charge in [-0.3, -0.25) is 9.78 Å². The maximum absolute atomic E-state index is 11.3. The fourth-order valence-corrected chi connectivity index (χ4v) is 1.02. The van der Waals surface area contributed by atoms with Crippen molar-refractivity contribution < 1.29 is 14.3 Å². The predicted molar refractivity (Wildman–Crippen MR) is 54.2 cm³/mol. The monoisotopic (exact) mass is 207 g/mol. The quantitative estimate of drug-likeness (QED) is 0.559. The van der Waals surface area contributed by atoms with Crippen molar-refractivity contribution in [2.45, 2.75) is 26.2 Å². The van der Waals surface area contributed by atoms with Crippen molar-refractivity contribution in [1.29, 1.82) is 0 Å². The Morgan fingerprint density at radius 3 is 2.87 bits per heavy atom. The second-order valence-corrected chi connectivity index (χ2v) is 3.11. The molecule has 0 aliphatic rings. The molecule has 4 heteroatoms. The summed E-state index contributed by atoms with van der Waals surface area (Å²) in [6.45, 7) is 1.97. The van der Waals surface area contributed by atoms with Gasteiger partial charge in [0.1, 0.15) is 0 Å². The molecule has 0 aliphatic carbocycles. The van der Waals surface area contributed by atoms with Crippen LogP contribution in [0.4, 0.5) is 0 Å². The highest BCUT2D eigenvalue weighted by Crippen LogP contribution is 2.02. The van der Waals surface area contributed by atoms with Gasteiger partial charge in [0.2, 0.25) is 0 Å². The minimum absolute atomic E-state index is 0.280. The zero-order chi connectivity index (χ0) is 11.1. The van der Waals surface area contributed by atoms with Gasteiger partial charge in [0.05, 0.1) is 5.56 Å². The molecule has 4 nitrogen and oxygen atoms in total. The molecule has 0 N–H and O–H groups in total. The summed E-state index contributed by atoms with van der Waals surface area (Å²) < 4.78 is 4.62. The van der Waals surface area contributed by atoms with E-state index in [0.717, 1.165) is 12.8 Å². The van der Waals surface area contributed by atoms with Gasteiger partial charge in [0, 0.05) is 18.8 Å². The van der Waals surface area contributed by atoms with Crippen LogP contribution in [0.2, 0.25) is 0 Å². The Bertz CT molecular complexity index is 335. The van der Waals surface area contributed by atoms with Crippen molar-refractivity contribution in [2.75, 3.05) is 0 Å². The molecule has 0 amide bonds. The summed E-state index contributed by atoms with van der Waals surface area (Å²) in [5, 5.41) is 0. The van der Waals surface area contributed by atoms with Gasteiger partial charge in [-0.2, -0.15) is 0 Å². The van der Waals surface area contributed by atoms with Gasteiger partial charge < -0.3 is 4.74 Å². The molecule has 0 aromatic carbocycles. The third-order valence-electron chi connectivity index (χ3n) is 1.84. The molecule has 0 atom stereocenters. The maximum atomic E-state index is 11.3. The number of aromatic nitrogens is 1. The molecule has 0 fully saturated rings. The molecular weight excluding hydrogens is 194 g/mol. The maximum Gasteiger partial charge on any atom is 0.347 e. The van der Waals surface area contributed by atoms with E-state index in [0.29, 0.717) is 5.56 Å². The zero-order valence-electron chi connectivity index (χ0n) is 8.60. The zero-order valence-corrected chi connectivity index (χ0v) is 8.60. The molecule has 1 aromatic rings. The summed E-state index contributed by atoms with van der Waals surface area (Å²) in [7, 11) is 0. The van der Waals surface area contributed by atoms with Crippen LogP contribution in [0.1, 0.15) is 36.5 Å². The highest BCUT2D eigenvalue weighted by Gasteiger charge is 2.11. The summed E-state index contributed by atoms with van der Waals surface area (Å²) in [5.74, 6) is -1.12. The summed E-state index contributed by atoms with van der Waals surface area (Å²) in [6.07, 6.45) is 4.84. The van der Waals surface area contributed by atoms with Crippen molar-refractivity contribution in [1.82, 2.24) is 4.98 Å². The number of nitrogens with zero attached hydrogens (tertiary/aromatic N) is 1. The molecule has 0 saturated heterocycles. The molecule has 1 rings (SSSR count). The first kappa shape index (κ1) is 11.4. The Labute approximate surface area is 88.3 Å². The Kier molecular flexibility index (Phi) is 4.47. The smallest absolute Gasteiger partial charge is 0.347 e. The number of rotatable bonds is 4. The van der Waals surface area contributed by atoms with E-state index in [9.17, 15) is 9.59 Å². The minimum Gasteiger partial charge on any atom is -0.389 e. The van der Waals surface area contributed by atoms with Gasteiger partial charge in [0.25, 0.3) is 0 Å². The topological polar surface area (TPSA) is 56.3 Å². The third-order valence-corrected chi connectivity index (χ3v) is 1.84. The fourth-order valence-electron chi connectivity index (χ4n) is 1.02. The molecule has 0 spiro atoms. The molecule has 0 bridgehead atoms. The standard InChI is InChI=1S/C11H13NO3/c1-2-3-6-10(13)15-11(14)9-5-4-7-12-8-9/h4-5,7-8H,2-3,6H2,1H3. The van der Waals surface area contributed by atoms with E-state index in [1.807, 2.05) is 6.92 Å². The number of carbonyl (C=O) groups is 2. The predicted octanol–water partition coefficient (Wildman–Crippen LogP) is 1.96. The van der Waals surface area contributed by atoms with Gasteiger partial charge in [-0.05, 0) is 18.6 Å². The normalized spacial score (nSPS) is 9.67. The van der Waals surface area contributed by atoms with Crippen LogP contribution in [0.5, 0.6) is 0 Å². The van der Waals surface area contributed by atoms with Crippen LogP contribution in [-0.2, 0) is 9.53 Å². The van der Waals surface area contributed by atoms with Crippen molar-refractivity contribution >= 4 is 11.9 Å². The number of hydrogen-bond donors (Lipinski definition) is 0. The van der Waals surface area contributed by atoms with Crippen LogP contribution < -0.4 is 0 Å². The lowest BCUT2D eigenvalue weighted by atomic mass is 10.2. The molecule has 0 saturated carbocycles. The van der Waals surface area contributed by atoms with Crippen molar-refractivity contribution in [3.05, 3.63) is 30.1 Å². The molecule has 0 unspecified atom stereocenters. The van der Waals surface area contributed by atoms with Crippen LogP contribution in [-0.4, -0.2) is 16.9 Å². The van der Waals surface area contributed by atoms with Crippen LogP contribution in [0, 0.1) is 0 Å². The average Bonchev–Trinajstić information content (AvgIpc) is 2.27. The summed E-state index contributed by atoms with van der Waals surface area (Å²) in [6, 6.07) is 3.18. The van der Waals surface area contributed by atoms with Crippen molar-refractivity contribution in [3.63, 3.8) is 0 Å². The Morgan fingerprint density at radius 1 is 1.47 bits per heavy atom. The second kappa shape index (κ2) is 5.90. The van der Waals surface area contributed by atoms with E-state index in [4.69, 9.17) is 0 Å². The Morgan fingerprint density at radius 2 is 2.27 bits per heavy atom. The number of carbonyl (C=O) groups excluding carboxylic acids is 2. The fraction of sp³-hybridized carbons (Fsp3) is 0.364. The third kappa shape index (κ3) is 3.89.